The Hall–Kier alpha value is -3.29. The third-order valence-corrected chi connectivity index (χ3v) is 6.23. The SMILES string of the molecule is CCN(CC)c1ncc2c(=O)[nH]c(C3CCN(C(=O)Cc4ccccc4F)CC3)cc2n1. The Labute approximate surface area is 186 Å². The van der Waals surface area contributed by atoms with E-state index in [1.165, 1.54) is 6.07 Å². The molecule has 0 spiro atoms. The minimum atomic E-state index is -0.351. The Bertz CT molecular complexity index is 1170. The third-order valence-electron chi connectivity index (χ3n) is 6.23. The smallest absolute Gasteiger partial charge is 0.259 e. The highest BCUT2D eigenvalue weighted by atomic mass is 19.1. The second-order valence-corrected chi connectivity index (χ2v) is 8.12. The Morgan fingerprint density at radius 1 is 1.22 bits per heavy atom. The summed E-state index contributed by atoms with van der Waals surface area (Å²) in [5.74, 6) is 0.330. The zero-order valence-electron chi connectivity index (χ0n) is 18.5. The number of likely N-dealkylation sites (tertiary alicyclic amines) is 1. The Morgan fingerprint density at radius 3 is 2.62 bits per heavy atom. The molecule has 3 heterocycles. The van der Waals surface area contributed by atoms with Crippen molar-refractivity contribution in [2.45, 2.75) is 39.0 Å². The van der Waals surface area contributed by atoms with Crippen molar-refractivity contribution in [2.24, 2.45) is 0 Å². The van der Waals surface area contributed by atoms with Crippen LogP contribution in [0.25, 0.3) is 10.9 Å². The molecule has 4 rings (SSSR count). The van der Waals surface area contributed by atoms with Crippen LogP contribution in [0.15, 0.2) is 41.3 Å². The number of nitrogens with zero attached hydrogens (tertiary/aromatic N) is 4. The fourth-order valence-electron chi connectivity index (χ4n) is 4.29. The lowest BCUT2D eigenvalue weighted by atomic mass is 9.92. The first-order chi connectivity index (χ1) is 15.5. The summed E-state index contributed by atoms with van der Waals surface area (Å²) in [6.07, 6.45) is 3.12. The highest BCUT2D eigenvalue weighted by Crippen LogP contribution is 2.28. The number of carbonyl (C=O) groups excluding carboxylic acids is 1. The summed E-state index contributed by atoms with van der Waals surface area (Å²) in [4.78, 5) is 41.0. The predicted molar refractivity (Wildman–Crippen MR) is 122 cm³/mol. The lowest BCUT2D eigenvalue weighted by Crippen LogP contribution is -2.39. The summed E-state index contributed by atoms with van der Waals surface area (Å²) in [6.45, 7) is 6.82. The van der Waals surface area contributed by atoms with Crippen LogP contribution in [0.4, 0.5) is 10.3 Å². The van der Waals surface area contributed by atoms with Crippen molar-refractivity contribution in [1.82, 2.24) is 19.9 Å². The predicted octanol–water partition coefficient (Wildman–Crippen LogP) is 3.25. The molecule has 0 radical (unpaired) electrons. The van der Waals surface area contributed by atoms with Gasteiger partial charge in [-0.2, -0.15) is 0 Å². The zero-order chi connectivity index (χ0) is 22.7. The number of hydrogen-bond donors (Lipinski definition) is 1. The van der Waals surface area contributed by atoms with Crippen LogP contribution >= 0.6 is 0 Å². The van der Waals surface area contributed by atoms with E-state index in [0.29, 0.717) is 35.5 Å². The average molecular weight is 438 g/mol. The summed E-state index contributed by atoms with van der Waals surface area (Å²) in [5.41, 5.74) is 1.70. The average Bonchev–Trinajstić information content (AvgIpc) is 2.81. The number of amides is 1. The van der Waals surface area contributed by atoms with Gasteiger partial charge in [-0.3, -0.25) is 9.59 Å². The summed E-state index contributed by atoms with van der Waals surface area (Å²) >= 11 is 0. The normalized spacial score (nSPS) is 14.7. The summed E-state index contributed by atoms with van der Waals surface area (Å²) in [5, 5.41) is 0.474. The van der Waals surface area contributed by atoms with Crippen molar-refractivity contribution >= 4 is 22.8 Å². The van der Waals surface area contributed by atoms with E-state index in [1.54, 1.807) is 29.3 Å². The zero-order valence-corrected chi connectivity index (χ0v) is 18.5. The summed E-state index contributed by atoms with van der Waals surface area (Å²) in [7, 11) is 0. The minimum absolute atomic E-state index is 0.0647. The molecule has 1 fully saturated rings. The topological polar surface area (TPSA) is 82.2 Å². The number of carbonyl (C=O) groups is 1. The van der Waals surface area contributed by atoms with Crippen LogP contribution in [0.5, 0.6) is 0 Å². The molecule has 1 aliphatic rings. The van der Waals surface area contributed by atoms with Gasteiger partial charge in [-0.25, -0.2) is 14.4 Å². The van der Waals surface area contributed by atoms with Crippen LogP contribution in [0.2, 0.25) is 0 Å². The first-order valence-corrected chi connectivity index (χ1v) is 11.2. The number of hydrogen-bond acceptors (Lipinski definition) is 5. The van der Waals surface area contributed by atoms with Crippen molar-refractivity contribution in [2.75, 3.05) is 31.1 Å². The van der Waals surface area contributed by atoms with Gasteiger partial charge in [0.25, 0.3) is 5.56 Å². The van der Waals surface area contributed by atoms with E-state index in [1.807, 2.05) is 24.8 Å². The molecule has 8 heteroatoms. The first-order valence-electron chi connectivity index (χ1n) is 11.2. The Balaban J connectivity index is 1.48. The van der Waals surface area contributed by atoms with Gasteiger partial charge in [-0.15, -0.1) is 0 Å². The highest BCUT2D eigenvalue weighted by molar-refractivity contribution is 5.79. The maximum atomic E-state index is 13.9. The van der Waals surface area contributed by atoms with E-state index in [9.17, 15) is 14.0 Å². The monoisotopic (exact) mass is 437 g/mol. The van der Waals surface area contributed by atoms with Gasteiger partial charge >= 0.3 is 0 Å². The number of halogens is 1. The Kier molecular flexibility index (Phi) is 6.48. The van der Waals surface area contributed by atoms with Crippen LogP contribution in [0.1, 0.15) is 43.9 Å². The second-order valence-electron chi connectivity index (χ2n) is 8.12. The number of H-pyrrole nitrogens is 1. The summed E-state index contributed by atoms with van der Waals surface area (Å²) < 4.78 is 13.9. The molecule has 0 bridgehead atoms. The van der Waals surface area contributed by atoms with Crippen molar-refractivity contribution in [1.29, 1.82) is 0 Å². The number of nitrogens with one attached hydrogen (secondary N) is 1. The number of pyridine rings is 1. The fraction of sp³-hybridized carbons (Fsp3) is 0.417. The van der Waals surface area contributed by atoms with Crippen LogP contribution in [-0.4, -0.2) is 51.9 Å². The molecule has 1 saturated heterocycles. The molecular weight excluding hydrogens is 409 g/mol. The van der Waals surface area contributed by atoms with Gasteiger partial charge in [-0.1, -0.05) is 18.2 Å². The fourth-order valence-corrected chi connectivity index (χ4v) is 4.29. The van der Waals surface area contributed by atoms with Crippen molar-refractivity contribution < 1.29 is 9.18 Å². The second kappa shape index (κ2) is 9.46. The van der Waals surface area contributed by atoms with E-state index in [-0.39, 0.29) is 29.6 Å². The molecular formula is C24H28FN5O2. The number of piperidine rings is 1. The molecule has 32 heavy (non-hydrogen) atoms. The standard InChI is InChI=1S/C24H28FN5O2/c1-3-29(4-2)24-26-15-18-21(28-24)14-20(27-23(18)32)16-9-11-30(12-10-16)22(31)13-17-7-5-6-8-19(17)25/h5-8,14-16H,3-4,9-13H2,1-2H3,(H,27,32). The number of fused-ring (bicyclic) bond motifs is 1. The van der Waals surface area contributed by atoms with Crippen molar-refractivity contribution in [3.05, 3.63) is 64.0 Å². The number of benzene rings is 1. The minimum Gasteiger partial charge on any atom is -0.342 e. The molecule has 1 N–H and O–H groups in total. The molecule has 1 aliphatic heterocycles. The lowest BCUT2D eigenvalue weighted by Gasteiger charge is -2.32. The molecule has 0 unspecified atom stereocenters. The van der Waals surface area contributed by atoms with Gasteiger partial charge in [0, 0.05) is 44.0 Å². The molecule has 3 aromatic rings. The van der Waals surface area contributed by atoms with E-state index >= 15 is 0 Å². The van der Waals surface area contributed by atoms with Crippen molar-refractivity contribution in [3.63, 3.8) is 0 Å². The maximum absolute atomic E-state index is 13.9. The molecule has 1 aromatic carbocycles. The molecule has 1 amide bonds. The van der Waals surface area contributed by atoms with Crippen LogP contribution in [0, 0.1) is 5.82 Å². The van der Waals surface area contributed by atoms with E-state index in [4.69, 9.17) is 0 Å². The number of anilines is 1. The van der Waals surface area contributed by atoms with Gasteiger partial charge in [0.1, 0.15) is 5.82 Å². The van der Waals surface area contributed by atoms with Gasteiger partial charge in [-0.05, 0) is 44.4 Å². The Morgan fingerprint density at radius 2 is 1.94 bits per heavy atom. The van der Waals surface area contributed by atoms with E-state index < -0.39 is 0 Å². The van der Waals surface area contributed by atoms with Gasteiger partial charge < -0.3 is 14.8 Å². The molecule has 7 nitrogen and oxygen atoms in total. The number of rotatable bonds is 6. The van der Waals surface area contributed by atoms with Crippen LogP contribution < -0.4 is 10.5 Å². The summed E-state index contributed by atoms with van der Waals surface area (Å²) in [6, 6.07) is 8.32. The number of aromatic nitrogens is 3. The molecule has 0 atom stereocenters. The molecule has 168 valence electrons. The first kappa shape index (κ1) is 21.9. The molecule has 2 aromatic heterocycles. The quantitative estimate of drug-likeness (QED) is 0.640. The van der Waals surface area contributed by atoms with Crippen molar-refractivity contribution in [3.8, 4) is 0 Å². The van der Waals surface area contributed by atoms with Gasteiger partial charge in [0.05, 0.1) is 17.3 Å². The molecule has 0 saturated carbocycles. The number of aromatic amines is 1. The lowest BCUT2D eigenvalue weighted by molar-refractivity contribution is -0.131. The van der Waals surface area contributed by atoms with E-state index in [2.05, 4.69) is 15.0 Å². The van der Waals surface area contributed by atoms with Crippen LogP contribution in [0.3, 0.4) is 0 Å². The van der Waals surface area contributed by atoms with E-state index in [0.717, 1.165) is 31.6 Å². The van der Waals surface area contributed by atoms with Gasteiger partial charge in [0.2, 0.25) is 11.9 Å². The van der Waals surface area contributed by atoms with Crippen LogP contribution in [-0.2, 0) is 11.2 Å². The highest BCUT2D eigenvalue weighted by Gasteiger charge is 2.25. The maximum Gasteiger partial charge on any atom is 0.259 e. The van der Waals surface area contributed by atoms with Gasteiger partial charge in [0.15, 0.2) is 0 Å². The molecule has 0 aliphatic carbocycles. The third kappa shape index (κ3) is 4.49. The largest absolute Gasteiger partial charge is 0.342 e.